The monoisotopic (exact) mass is 277 g/mol. The lowest BCUT2D eigenvalue weighted by atomic mass is 10.2. The lowest BCUT2D eigenvalue weighted by Crippen LogP contribution is -2.03. The minimum Gasteiger partial charge on any atom is -0.478 e. The van der Waals surface area contributed by atoms with E-state index in [0.717, 1.165) is 3.57 Å². The summed E-state index contributed by atoms with van der Waals surface area (Å²) in [7, 11) is 1.71. The first kappa shape index (κ1) is 9.31. The van der Waals surface area contributed by atoms with Gasteiger partial charge in [-0.25, -0.2) is 4.79 Å². The largest absolute Gasteiger partial charge is 0.478 e. The Balaban J connectivity index is 3.27. The third-order valence-corrected chi connectivity index (χ3v) is 2.39. The van der Waals surface area contributed by atoms with E-state index in [1.807, 2.05) is 6.07 Å². The molecule has 0 saturated carbocycles. The standard InChI is InChI=1S/C8H8INO2/c1-10-7-5(8(11)12)3-2-4-6(7)9/h2-4,10H,1H3,(H,11,12). The van der Waals surface area contributed by atoms with Gasteiger partial charge in [0.25, 0.3) is 0 Å². The van der Waals surface area contributed by atoms with Gasteiger partial charge in [-0.2, -0.15) is 0 Å². The van der Waals surface area contributed by atoms with Crippen molar-refractivity contribution in [2.45, 2.75) is 0 Å². The molecule has 0 heterocycles. The Morgan fingerprint density at radius 2 is 2.25 bits per heavy atom. The second-order valence-electron chi connectivity index (χ2n) is 2.22. The van der Waals surface area contributed by atoms with Crippen molar-refractivity contribution in [3.63, 3.8) is 0 Å². The minimum atomic E-state index is -0.905. The Morgan fingerprint density at radius 3 is 2.67 bits per heavy atom. The molecule has 0 radical (unpaired) electrons. The molecule has 0 unspecified atom stereocenters. The van der Waals surface area contributed by atoms with Crippen molar-refractivity contribution in [3.05, 3.63) is 27.3 Å². The van der Waals surface area contributed by atoms with Gasteiger partial charge in [0.2, 0.25) is 0 Å². The van der Waals surface area contributed by atoms with Crippen LogP contribution in [0, 0.1) is 3.57 Å². The number of nitrogens with one attached hydrogen (secondary N) is 1. The molecule has 1 rings (SSSR count). The fraction of sp³-hybridized carbons (Fsp3) is 0.125. The number of hydrogen-bond donors (Lipinski definition) is 2. The average molecular weight is 277 g/mol. The van der Waals surface area contributed by atoms with Crippen LogP contribution >= 0.6 is 22.6 Å². The van der Waals surface area contributed by atoms with Gasteiger partial charge in [-0.3, -0.25) is 0 Å². The molecule has 0 aromatic heterocycles. The van der Waals surface area contributed by atoms with Crippen LogP contribution in [0.2, 0.25) is 0 Å². The van der Waals surface area contributed by atoms with Crippen LogP contribution < -0.4 is 5.32 Å². The highest BCUT2D eigenvalue weighted by Crippen LogP contribution is 2.21. The SMILES string of the molecule is CNc1c(I)cccc1C(=O)O. The first-order valence-electron chi connectivity index (χ1n) is 3.36. The van der Waals surface area contributed by atoms with E-state index in [1.54, 1.807) is 19.2 Å². The molecule has 12 heavy (non-hydrogen) atoms. The molecule has 2 N–H and O–H groups in total. The molecule has 1 aromatic rings. The van der Waals surface area contributed by atoms with Crippen LogP contribution in [0.4, 0.5) is 5.69 Å². The van der Waals surface area contributed by atoms with E-state index >= 15 is 0 Å². The van der Waals surface area contributed by atoms with Crippen LogP contribution in [0.15, 0.2) is 18.2 Å². The van der Waals surface area contributed by atoms with Crippen molar-refractivity contribution in [3.8, 4) is 0 Å². The van der Waals surface area contributed by atoms with E-state index in [1.165, 1.54) is 0 Å². The molecule has 1 aromatic carbocycles. The van der Waals surface area contributed by atoms with E-state index in [0.29, 0.717) is 11.3 Å². The van der Waals surface area contributed by atoms with E-state index < -0.39 is 5.97 Å². The molecule has 0 atom stereocenters. The van der Waals surface area contributed by atoms with Gasteiger partial charge >= 0.3 is 5.97 Å². The molecule has 64 valence electrons. The summed E-state index contributed by atoms with van der Waals surface area (Å²) >= 11 is 2.09. The maximum absolute atomic E-state index is 10.7. The molecule has 0 aliphatic heterocycles. The second-order valence-corrected chi connectivity index (χ2v) is 3.38. The molecule has 0 amide bonds. The number of aromatic carboxylic acids is 1. The Bertz CT molecular complexity index is 312. The lowest BCUT2D eigenvalue weighted by Gasteiger charge is -2.06. The van der Waals surface area contributed by atoms with Gasteiger partial charge in [-0.1, -0.05) is 6.07 Å². The van der Waals surface area contributed by atoms with Crippen LogP contribution in [0.3, 0.4) is 0 Å². The van der Waals surface area contributed by atoms with Gasteiger partial charge in [-0.05, 0) is 34.7 Å². The lowest BCUT2D eigenvalue weighted by molar-refractivity contribution is 0.0698. The molecule has 0 aliphatic rings. The molecular weight excluding hydrogens is 269 g/mol. The quantitative estimate of drug-likeness (QED) is 0.813. The summed E-state index contributed by atoms with van der Waals surface area (Å²) in [4.78, 5) is 10.7. The van der Waals surface area contributed by atoms with E-state index in [9.17, 15) is 4.79 Å². The van der Waals surface area contributed by atoms with Crippen molar-refractivity contribution in [2.24, 2.45) is 0 Å². The fourth-order valence-electron chi connectivity index (χ4n) is 0.956. The number of carbonyl (C=O) groups is 1. The average Bonchev–Trinajstić information content (AvgIpc) is 2.03. The van der Waals surface area contributed by atoms with Crippen LogP contribution in [0.1, 0.15) is 10.4 Å². The maximum atomic E-state index is 10.7. The topological polar surface area (TPSA) is 49.3 Å². The Hall–Kier alpha value is -0.780. The van der Waals surface area contributed by atoms with Gasteiger partial charge in [-0.15, -0.1) is 0 Å². The highest BCUT2D eigenvalue weighted by atomic mass is 127. The predicted octanol–water partition coefficient (Wildman–Crippen LogP) is 2.03. The number of carboxylic acid groups (broad SMARTS) is 1. The number of para-hydroxylation sites is 1. The first-order valence-corrected chi connectivity index (χ1v) is 4.44. The predicted molar refractivity (Wildman–Crippen MR) is 55.7 cm³/mol. The summed E-state index contributed by atoms with van der Waals surface area (Å²) in [5.74, 6) is -0.905. The molecule has 0 spiro atoms. The van der Waals surface area contributed by atoms with Crippen molar-refractivity contribution in [1.82, 2.24) is 0 Å². The third-order valence-electron chi connectivity index (χ3n) is 1.49. The number of benzene rings is 1. The normalized spacial score (nSPS) is 9.50. The zero-order chi connectivity index (χ0) is 9.14. The number of hydrogen-bond acceptors (Lipinski definition) is 2. The molecular formula is C8H8INO2. The third kappa shape index (κ3) is 1.69. The highest BCUT2D eigenvalue weighted by molar-refractivity contribution is 14.1. The first-order chi connectivity index (χ1) is 5.66. The summed E-state index contributed by atoms with van der Waals surface area (Å²) < 4.78 is 0.912. The zero-order valence-electron chi connectivity index (χ0n) is 6.47. The van der Waals surface area contributed by atoms with Crippen LogP contribution in [0.25, 0.3) is 0 Å². The Kier molecular flexibility index (Phi) is 2.91. The summed E-state index contributed by atoms with van der Waals surface area (Å²) in [6.45, 7) is 0. The smallest absolute Gasteiger partial charge is 0.337 e. The number of halogens is 1. The number of carboxylic acids is 1. The van der Waals surface area contributed by atoms with Gasteiger partial charge in [0, 0.05) is 10.6 Å². The Labute approximate surface area is 83.9 Å². The van der Waals surface area contributed by atoms with Crippen molar-refractivity contribution >= 4 is 34.2 Å². The molecule has 0 bridgehead atoms. The van der Waals surface area contributed by atoms with E-state index in [4.69, 9.17) is 5.11 Å². The molecule has 3 nitrogen and oxygen atoms in total. The van der Waals surface area contributed by atoms with Crippen molar-refractivity contribution in [1.29, 1.82) is 0 Å². The zero-order valence-corrected chi connectivity index (χ0v) is 8.62. The summed E-state index contributed by atoms with van der Waals surface area (Å²) in [5.41, 5.74) is 0.981. The van der Waals surface area contributed by atoms with Crippen LogP contribution in [-0.2, 0) is 0 Å². The number of anilines is 1. The van der Waals surface area contributed by atoms with Crippen LogP contribution in [-0.4, -0.2) is 18.1 Å². The van der Waals surface area contributed by atoms with E-state index in [2.05, 4.69) is 27.9 Å². The Morgan fingerprint density at radius 1 is 1.58 bits per heavy atom. The van der Waals surface area contributed by atoms with E-state index in [-0.39, 0.29) is 0 Å². The molecule has 4 heteroatoms. The minimum absolute atomic E-state index is 0.310. The fourth-order valence-corrected chi connectivity index (χ4v) is 1.72. The number of rotatable bonds is 2. The summed E-state index contributed by atoms with van der Waals surface area (Å²) in [5, 5.41) is 11.6. The van der Waals surface area contributed by atoms with Gasteiger partial charge in [0.15, 0.2) is 0 Å². The second kappa shape index (κ2) is 3.75. The maximum Gasteiger partial charge on any atom is 0.337 e. The van der Waals surface area contributed by atoms with Gasteiger partial charge in [0.1, 0.15) is 0 Å². The highest BCUT2D eigenvalue weighted by Gasteiger charge is 2.10. The molecule has 0 aliphatic carbocycles. The van der Waals surface area contributed by atoms with Crippen molar-refractivity contribution < 1.29 is 9.90 Å². The molecule has 0 saturated heterocycles. The summed E-state index contributed by atoms with van der Waals surface area (Å²) in [6, 6.07) is 5.17. The van der Waals surface area contributed by atoms with Crippen molar-refractivity contribution in [2.75, 3.05) is 12.4 Å². The van der Waals surface area contributed by atoms with Gasteiger partial charge in [0.05, 0.1) is 11.3 Å². The van der Waals surface area contributed by atoms with Crippen LogP contribution in [0.5, 0.6) is 0 Å². The molecule has 0 fully saturated rings. The van der Waals surface area contributed by atoms with Gasteiger partial charge < -0.3 is 10.4 Å². The summed E-state index contributed by atoms with van der Waals surface area (Å²) in [6.07, 6.45) is 0.